The zero-order chi connectivity index (χ0) is 16.1. The lowest BCUT2D eigenvalue weighted by atomic mass is 9.93. The number of aromatic nitrogens is 2. The van der Waals surface area contributed by atoms with Gasteiger partial charge in [-0.3, -0.25) is 4.79 Å². The number of nitrogens with two attached hydrogens (primary N) is 1. The fourth-order valence-corrected chi connectivity index (χ4v) is 2.48. The minimum Gasteiger partial charge on any atom is -0.393 e. The Morgan fingerprint density at radius 2 is 2.14 bits per heavy atom. The van der Waals surface area contributed by atoms with Crippen molar-refractivity contribution in [2.45, 2.75) is 64.1 Å². The average Bonchev–Trinajstić information content (AvgIpc) is 2.49. The Bertz CT molecular complexity index is 515. The highest BCUT2D eigenvalue weighted by molar-refractivity contribution is 5.97. The van der Waals surface area contributed by atoms with Gasteiger partial charge < -0.3 is 21.5 Å². The van der Waals surface area contributed by atoms with E-state index >= 15 is 0 Å². The van der Waals surface area contributed by atoms with E-state index in [9.17, 15) is 9.90 Å². The Balaban J connectivity index is 2.11. The van der Waals surface area contributed by atoms with Crippen LogP contribution in [0.1, 0.15) is 56.3 Å². The number of aliphatic hydroxyl groups excluding tert-OH is 1. The Morgan fingerprint density at radius 3 is 2.73 bits per heavy atom. The molecule has 1 aromatic heterocycles. The summed E-state index contributed by atoms with van der Waals surface area (Å²) in [5.41, 5.74) is 5.67. The summed E-state index contributed by atoms with van der Waals surface area (Å²) in [5, 5.41) is 16.0. The number of nitrogens with one attached hydrogen (secondary N) is 2. The van der Waals surface area contributed by atoms with E-state index < -0.39 is 5.91 Å². The molecule has 1 aromatic rings. The lowest BCUT2D eigenvalue weighted by Gasteiger charge is -2.26. The van der Waals surface area contributed by atoms with Gasteiger partial charge >= 0.3 is 0 Å². The number of hydrogen-bond acceptors (Lipinski definition) is 6. The summed E-state index contributed by atoms with van der Waals surface area (Å²) in [7, 11) is 0. The molecule has 7 heteroatoms. The van der Waals surface area contributed by atoms with Gasteiger partial charge in [0, 0.05) is 18.3 Å². The van der Waals surface area contributed by atoms with Crippen LogP contribution in [0.2, 0.25) is 0 Å². The van der Waals surface area contributed by atoms with Gasteiger partial charge in [0.25, 0.3) is 5.91 Å². The highest BCUT2D eigenvalue weighted by Crippen LogP contribution is 2.22. The smallest absolute Gasteiger partial charge is 0.254 e. The summed E-state index contributed by atoms with van der Waals surface area (Å²) in [6.07, 6.45) is 5.51. The van der Waals surface area contributed by atoms with Crippen molar-refractivity contribution in [2.24, 2.45) is 5.73 Å². The molecule has 5 N–H and O–H groups in total. The predicted molar refractivity (Wildman–Crippen MR) is 85.8 cm³/mol. The van der Waals surface area contributed by atoms with E-state index in [1.54, 1.807) is 0 Å². The lowest BCUT2D eigenvalue weighted by Crippen LogP contribution is -2.29. The number of carbonyl (C=O) groups is 1. The van der Waals surface area contributed by atoms with Gasteiger partial charge in [0.1, 0.15) is 5.82 Å². The second kappa shape index (κ2) is 7.40. The number of primary amides is 1. The zero-order valence-corrected chi connectivity index (χ0v) is 13.2. The summed E-state index contributed by atoms with van der Waals surface area (Å²) in [6.45, 7) is 4.07. The molecule has 122 valence electrons. The van der Waals surface area contributed by atoms with Crippen LogP contribution in [0.15, 0.2) is 6.20 Å². The van der Waals surface area contributed by atoms with E-state index in [0.717, 1.165) is 32.1 Å². The maximum absolute atomic E-state index is 11.5. The maximum Gasteiger partial charge on any atom is 0.254 e. The van der Waals surface area contributed by atoms with Crippen molar-refractivity contribution < 1.29 is 9.90 Å². The van der Waals surface area contributed by atoms with Crippen molar-refractivity contribution in [3.63, 3.8) is 0 Å². The van der Waals surface area contributed by atoms with Crippen LogP contribution in [0.4, 0.5) is 11.8 Å². The molecule has 0 aliphatic heterocycles. The number of aliphatic hydroxyl groups is 1. The molecule has 1 aliphatic carbocycles. The summed E-state index contributed by atoms with van der Waals surface area (Å²) >= 11 is 0. The number of amides is 1. The first kappa shape index (κ1) is 16.5. The molecule has 0 aromatic carbocycles. The van der Waals surface area contributed by atoms with Crippen LogP contribution >= 0.6 is 0 Å². The first-order valence-corrected chi connectivity index (χ1v) is 7.87. The number of hydrogen-bond donors (Lipinski definition) is 4. The Kier molecular flexibility index (Phi) is 5.54. The molecule has 0 saturated heterocycles. The minimum absolute atomic E-state index is 0.186. The van der Waals surface area contributed by atoms with E-state index in [4.69, 9.17) is 5.73 Å². The van der Waals surface area contributed by atoms with Gasteiger partial charge in [0.2, 0.25) is 5.95 Å². The van der Waals surface area contributed by atoms with E-state index in [0.29, 0.717) is 17.3 Å². The first-order valence-electron chi connectivity index (χ1n) is 7.87. The zero-order valence-electron chi connectivity index (χ0n) is 13.2. The fourth-order valence-electron chi connectivity index (χ4n) is 2.48. The molecule has 0 bridgehead atoms. The summed E-state index contributed by atoms with van der Waals surface area (Å²) in [6, 6.07) is 0.435. The van der Waals surface area contributed by atoms with Crippen LogP contribution in [0.5, 0.6) is 0 Å². The van der Waals surface area contributed by atoms with Crippen LogP contribution in [0, 0.1) is 0 Å². The molecule has 1 amide bonds. The molecule has 0 spiro atoms. The van der Waals surface area contributed by atoms with Crippen molar-refractivity contribution in [3.8, 4) is 0 Å². The Labute approximate surface area is 130 Å². The highest BCUT2D eigenvalue weighted by atomic mass is 16.3. The third-order valence-electron chi connectivity index (χ3n) is 4.08. The third kappa shape index (κ3) is 4.30. The number of anilines is 2. The molecule has 2 rings (SSSR count). The summed E-state index contributed by atoms with van der Waals surface area (Å²) in [5.74, 6) is 0.408. The Morgan fingerprint density at radius 1 is 1.45 bits per heavy atom. The largest absolute Gasteiger partial charge is 0.393 e. The highest BCUT2D eigenvalue weighted by Gasteiger charge is 2.21. The van der Waals surface area contributed by atoms with Gasteiger partial charge in [0.15, 0.2) is 0 Å². The standard InChI is InChI=1S/C15H25N5O2/c1-3-9(2)18-14-12(13(16)22)8-17-15(20-14)19-10-4-6-11(21)7-5-10/h8-11,21H,3-7H2,1-2H3,(H2,16,22)(H2,17,18,19,20)/t9-,10?,11?/m0/s1. The van der Waals surface area contributed by atoms with E-state index in [1.807, 2.05) is 6.92 Å². The SMILES string of the molecule is CC[C@H](C)Nc1nc(NC2CCC(O)CC2)ncc1C(N)=O. The number of rotatable bonds is 6. The van der Waals surface area contributed by atoms with Crippen molar-refractivity contribution in [1.82, 2.24) is 9.97 Å². The molecule has 1 aliphatic rings. The average molecular weight is 307 g/mol. The van der Waals surface area contributed by atoms with Crippen LogP contribution in [0.25, 0.3) is 0 Å². The molecular weight excluding hydrogens is 282 g/mol. The second-order valence-electron chi connectivity index (χ2n) is 5.92. The van der Waals surface area contributed by atoms with E-state index in [-0.39, 0.29) is 18.2 Å². The van der Waals surface area contributed by atoms with E-state index in [1.165, 1.54) is 6.20 Å². The molecule has 1 fully saturated rings. The maximum atomic E-state index is 11.5. The molecule has 0 unspecified atom stereocenters. The fraction of sp³-hybridized carbons (Fsp3) is 0.667. The second-order valence-corrected chi connectivity index (χ2v) is 5.92. The van der Waals surface area contributed by atoms with Crippen molar-refractivity contribution in [2.75, 3.05) is 10.6 Å². The van der Waals surface area contributed by atoms with Crippen molar-refractivity contribution in [3.05, 3.63) is 11.8 Å². The van der Waals surface area contributed by atoms with Gasteiger partial charge in [-0.15, -0.1) is 0 Å². The van der Waals surface area contributed by atoms with Crippen molar-refractivity contribution in [1.29, 1.82) is 0 Å². The van der Waals surface area contributed by atoms with Gasteiger partial charge in [-0.2, -0.15) is 4.98 Å². The molecule has 1 atom stereocenters. The van der Waals surface area contributed by atoms with Crippen LogP contribution in [-0.4, -0.2) is 39.2 Å². The number of nitrogens with zero attached hydrogens (tertiary/aromatic N) is 2. The van der Waals surface area contributed by atoms with Crippen LogP contribution in [0.3, 0.4) is 0 Å². The van der Waals surface area contributed by atoms with Crippen molar-refractivity contribution >= 4 is 17.7 Å². The van der Waals surface area contributed by atoms with E-state index in [2.05, 4.69) is 27.5 Å². The van der Waals surface area contributed by atoms with Gasteiger partial charge in [-0.1, -0.05) is 6.92 Å². The molecule has 7 nitrogen and oxygen atoms in total. The molecule has 1 heterocycles. The number of carbonyl (C=O) groups excluding carboxylic acids is 1. The minimum atomic E-state index is -0.543. The molecule has 0 radical (unpaired) electrons. The predicted octanol–water partition coefficient (Wildman–Crippen LogP) is 1.50. The Hall–Kier alpha value is -1.89. The topological polar surface area (TPSA) is 113 Å². The van der Waals surface area contributed by atoms with Crippen LogP contribution < -0.4 is 16.4 Å². The molecule has 1 saturated carbocycles. The summed E-state index contributed by atoms with van der Waals surface area (Å²) in [4.78, 5) is 20.1. The van der Waals surface area contributed by atoms with Gasteiger partial charge in [0.05, 0.1) is 11.7 Å². The lowest BCUT2D eigenvalue weighted by molar-refractivity contribution is 0.100. The first-order chi connectivity index (χ1) is 10.5. The van der Waals surface area contributed by atoms with Gasteiger partial charge in [-0.25, -0.2) is 4.98 Å². The van der Waals surface area contributed by atoms with Crippen LogP contribution in [-0.2, 0) is 0 Å². The monoisotopic (exact) mass is 307 g/mol. The third-order valence-corrected chi connectivity index (χ3v) is 4.08. The molecule has 22 heavy (non-hydrogen) atoms. The quantitative estimate of drug-likeness (QED) is 0.633. The molecular formula is C15H25N5O2. The normalized spacial score (nSPS) is 22.9. The summed E-state index contributed by atoms with van der Waals surface area (Å²) < 4.78 is 0. The van der Waals surface area contributed by atoms with Gasteiger partial charge in [-0.05, 0) is 39.0 Å².